The lowest BCUT2D eigenvalue weighted by molar-refractivity contribution is 0.523. The predicted molar refractivity (Wildman–Crippen MR) is 46.9 cm³/mol. The number of hydrogen-bond acceptors (Lipinski definition) is 1. The molecule has 0 aromatic heterocycles. The first-order chi connectivity index (χ1) is 4.59. The van der Waals surface area contributed by atoms with E-state index in [4.69, 9.17) is 0 Å². The van der Waals surface area contributed by atoms with Crippen molar-refractivity contribution < 1.29 is 0 Å². The zero-order chi connectivity index (χ0) is 8.15. The zero-order valence-corrected chi connectivity index (χ0v) is 7.60. The molecule has 0 saturated carbocycles. The van der Waals surface area contributed by atoms with E-state index in [0.29, 0.717) is 0 Å². The summed E-state index contributed by atoms with van der Waals surface area (Å²) in [5.74, 6) is 0. The van der Waals surface area contributed by atoms with Crippen LogP contribution in [0.4, 0.5) is 0 Å². The minimum absolute atomic E-state index is 1.29. The smallest absolute Gasteiger partial charge is 0.0343 e. The van der Waals surface area contributed by atoms with Crippen molar-refractivity contribution >= 4 is 0 Å². The lowest BCUT2D eigenvalue weighted by atomic mass is 10.2. The summed E-state index contributed by atoms with van der Waals surface area (Å²) in [6.07, 6.45) is 4.18. The Bertz CT molecular complexity index is 148. The van der Waals surface area contributed by atoms with E-state index in [9.17, 15) is 0 Å². The maximum absolute atomic E-state index is 2.12. The number of hydrogen-bond donors (Lipinski definition) is 0. The van der Waals surface area contributed by atoms with Gasteiger partial charge in [-0.3, -0.25) is 0 Å². The Morgan fingerprint density at radius 2 is 1.70 bits per heavy atom. The third-order valence-electron chi connectivity index (χ3n) is 1.32. The first-order valence-corrected chi connectivity index (χ1v) is 3.57. The second-order valence-electron chi connectivity index (χ2n) is 2.78. The average molecular weight is 139 g/mol. The van der Waals surface area contributed by atoms with E-state index in [-0.39, 0.29) is 0 Å². The van der Waals surface area contributed by atoms with E-state index in [1.165, 1.54) is 11.3 Å². The van der Waals surface area contributed by atoms with E-state index < -0.39 is 0 Å². The van der Waals surface area contributed by atoms with Gasteiger partial charge in [-0.1, -0.05) is 11.6 Å². The molecule has 10 heavy (non-hydrogen) atoms. The molecule has 1 heteroatoms. The average Bonchev–Trinajstić information content (AvgIpc) is 1.81. The van der Waals surface area contributed by atoms with Crippen LogP contribution in [0.3, 0.4) is 0 Å². The number of likely N-dealkylation sites (N-methyl/N-ethyl adjacent to an activating group) is 1. The minimum Gasteiger partial charge on any atom is -0.378 e. The Morgan fingerprint density at radius 1 is 1.20 bits per heavy atom. The van der Waals surface area contributed by atoms with Crippen molar-refractivity contribution in [3.8, 4) is 0 Å². The number of rotatable bonds is 2. The van der Waals surface area contributed by atoms with Gasteiger partial charge in [0.2, 0.25) is 0 Å². The first kappa shape index (κ1) is 9.28. The summed E-state index contributed by atoms with van der Waals surface area (Å²) in [5.41, 5.74) is 2.64. The summed E-state index contributed by atoms with van der Waals surface area (Å²) >= 11 is 0. The van der Waals surface area contributed by atoms with Gasteiger partial charge < -0.3 is 4.90 Å². The Balaban J connectivity index is 4.44. The van der Waals surface area contributed by atoms with E-state index in [1.54, 1.807) is 0 Å². The largest absolute Gasteiger partial charge is 0.378 e. The molecule has 0 spiro atoms. The second-order valence-corrected chi connectivity index (χ2v) is 2.78. The van der Waals surface area contributed by atoms with Crippen LogP contribution < -0.4 is 0 Å². The Kier molecular flexibility index (Phi) is 3.85. The third kappa shape index (κ3) is 2.72. The fourth-order valence-corrected chi connectivity index (χ4v) is 0.921. The normalized spacial score (nSPS) is 10.1. The van der Waals surface area contributed by atoms with Gasteiger partial charge in [0, 0.05) is 19.8 Å². The van der Waals surface area contributed by atoms with Crippen LogP contribution in [-0.4, -0.2) is 19.0 Å². The summed E-state index contributed by atoms with van der Waals surface area (Å²) in [6, 6.07) is 0. The summed E-state index contributed by atoms with van der Waals surface area (Å²) < 4.78 is 0. The molecule has 0 amide bonds. The van der Waals surface area contributed by atoms with Crippen LogP contribution in [0.5, 0.6) is 0 Å². The van der Waals surface area contributed by atoms with Gasteiger partial charge in [0.15, 0.2) is 0 Å². The predicted octanol–water partition coefficient (Wildman–Crippen LogP) is 2.42. The van der Waals surface area contributed by atoms with Crippen molar-refractivity contribution in [1.29, 1.82) is 0 Å². The van der Waals surface area contributed by atoms with Crippen molar-refractivity contribution in [3.05, 3.63) is 23.4 Å². The molecule has 0 aromatic rings. The highest BCUT2D eigenvalue weighted by atomic mass is 15.1. The molecule has 0 heterocycles. The summed E-state index contributed by atoms with van der Waals surface area (Å²) in [5, 5.41) is 0. The maximum atomic E-state index is 2.12. The number of allylic oxidation sites excluding steroid dienone is 3. The van der Waals surface area contributed by atoms with E-state index in [1.807, 2.05) is 6.92 Å². The summed E-state index contributed by atoms with van der Waals surface area (Å²) in [7, 11) is 4.12. The maximum Gasteiger partial charge on any atom is 0.0343 e. The van der Waals surface area contributed by atoms with Crippen LogP contribution in [0.2, 0.25) is 0 Å². The third-order valence-corrected chi connectivity index (χ3v) is 1.32. The van der Waals surface area contributed by atoms with Gasteiger partial charge >= 0.3 is 0 Å². The van der Waals surface area contributed by atoms with Gasteiger partial charge in [0.25, 0.3) is 0 Å². The molecular formula is C9H17N. The molecule has 0 atom stereocenters. The molecule has 0 radical (unpaired) electrons. The zero-order valence-electron chi connectivity index (χ0n) is 7.60. The minimum atomic E-state index is 1.29. The van der Waals surface area contributed by atoms with E-state index in [0.717, 1.165) is 0 Å². The highest BCUT2D eigenvalue weighted by Crippen LogP contribution is 2.06. The Labute approximate surface area is 64.0 Å². The van der Waals surface area contributed by atoms with Crippen LogP contribution in [-0.2, 0) is 0 Å². The summed E-state index contributed by atoms with van der Waals surface area (Å²) in [4.78, 5) is 2.12. The first-order valence-electron chi connectivity index (χ1n) is 3.57. The van der Waals surface area contributed by atoms with Gasteiger partial charge in [0.05, 0.1) is 0 Å². The monoisotopic (exact) mass is 139 g/mol. The van der Waals surface area contributed by atoms with Crippen molar-refractivity contribution in [2.45, 2.75) is 20.8 Å². The molecule has 0 unspecified atom stereocenters. The fraction of sp³-hybridized carbons (Fsp3) is 0.556. The van der Waals surface area contributed by atoms with E-state index in [2.05, 4.69) is 45.0 Å². The second kappa shape index (κ2) is 4.15. The molecule has 0 bridgehead atoms. The molecule has 0 N–H and O–H groups in total. The molecule has 0 rings (SSSR count). The Hall–Kier alpha value is -0.720. The molecule has 0 saturated heterocycles. The lowest BCUT2D eigenvalue weighted by Crippen LogP contribution is -2.10. The lowest BCUT2D eigenvalue weighted by Gasteiger charge is -2.15. The topological polar surface area (TPSA) is 3.24 Å². The van der Waals surface area contributed by atoms with Crippen molar-refractivity contribution in [3.63, 3.8) is 0 Å². The summed E-state index contributed by atoms with van der Waals surface area (Å²) in [6.45, 7) is 6.27. The number of nitrogens with zero attached hydrogens (tertiary/aromatic N) is 1. The van der Waals surface area contributed by atoms with Crippen molar-refractivity contribution in [1.82, 2.24) is 4.90 Å². The van der Waals surface area contributed by atoms with Crippen LogP contribution in [0.25, 0.3) is 0 Å². The standard InChI is InChI=1S/C9H17N/c1-6-7-9(8(2)3)10(4)5/h6-7H,1-5H3/b7-6-. The van der Waals surface area contributed by atoms with Crippen LogP contribution in [0, 0.1) is 0 Å². The molecule has 0 aliphatic carbocycles. The highest BCUT2D eigenvalue weighted by Gasteiger charge is 1.94. The van der Waals surface area contributed by atoms with Gasteiger partial charge in [0.1, 0.15) is 0 Å². The molecule has 1 nitrogen and oxygen atoms in total. The van der Waals surface area contributed by atoms with Gasteiger partial charge in [-0.25, -0.2) is 0 Å². The highest BCUT2D eigenvalue weighted by molar-refractivity contribution is 5.20. The van der Waals surface area contributed by atoms with Gasteiger partial charge in [-0.15, -0.1) is 0 Å². The molecule has 58 valence electrons. The Morgan fingerprint density at radius 3 is 1.80 bits per heavy atom. The quantitative estimate of drug-likeness (QED) is 0.531. The van der Waals surface area contributed by atoms with Crippen LogP contribution >= 0.6 is 0 Å². The van der Waals surface area contributed by atoms with Gasteiger partial charge in [-0.2, -0.15) is 0 Å². The molecule has 0 aromatic carbocycles. The molecule has 0 aliphatic rings. The molecule has 0 aliphatic heterocycles. The van der Waals surface area contributed by atoms with Crippen LogP contribution in [0.1, 0.15) is 20.8 Å². The molecular weight excluding hydrogens is 122 g/mol. The van der Waals surface area contributed by atoms with Crippen molar-refractivity contribution in [2.75, 3.05) is 14.1 Å². The fourth-order valence-electron chi connectivity index (χ4n) is 0.921. The van der Waals surface area contributed by atoms with Gasteiger partial charge in [-0.05, 0) is 26.8 Å². The molecule has 0 fully saturated rings. The van der Waals surface area contributed by atoms with Crippen LogP contribution in [0.15, 0.2) is 23.4 Å². The van der Waals surface area contributed by atoms with E-state index >= 15 is 0 Å². The van der Waals surface area contributed by atoms with Crippen molar-refractivity contribution in [2.24, 2.45) is 0 Å². The SMILES string of the molecule is C/C=C\C(=C(C)C)N(C)C.